The first-order valence-electron chi connectivity index (χ1n) is 8.14. The number of para-hydroxylation sites is 1. The lowest BCUT2D eigenvalue weighted by atomic mass is 10.0. The minimum atomic E-state index is -3.54. The van der Waals surface area contributed by atoms with Crippen molar-refractivity contribution in [2.45, 2.75) is 24.7 Å². The number of fused-ring (bicyclic) bond motifs is 1. The normalized spacial score (nSPS) is 13.4. The molecular weight excluding hydrogens is 324 g/mol. The molecule has 2 aromatic carbocycles. The molecule has 1 aliphatic rings. The fourth-order valence-electron chi connectivity index (χ4n) is 2.11. The highest BCUT2D eigenvalue weighted by atomic mass is 32.2. The van der Waals surface area contributed by atoms with E-state index < -0.39 is 10.1 Å². The summed E-state index contributed by atoms with van der Waals surface area (Å²) in [5.74, 6) is 1.22. The molecule has 128 valence electrons. The first kappa shape index (κ1) is 16.7. The van der Waals surface area contributed by atoms with Crippen LogP contribution in [0.2, 0.25) is 0 Å². The van der Waals surface area contributed by atoms with Gasteiger partial charge in [0.2, 0.25) is 0 Å². The maximum atomic E-state index is 11.3. The Labute approximate surface area is 145 Å². The molecule has 1 aliphatic heterocycles. The standard InChI is InChI=1S/C10H14O3S.C9H8O/c1-8(2)9-4-6-10(7-5-9)14(11,12)13-3;1-2-6-9-8(4-1)5-3-7-10-9/h4-8H,1-3H3;1-6H,7H2/i;4D. The van der Waals surface area contributed by atoms with E-state index >= 15 is 0 Å². The molecule has 5 heteroatoms. The Morgan fingerprint density at radius 1 is 1.17 bits per heavy atom. The maximum Gasteiger partial charge on any atom is 0.296 e. The number of hydrogen-bond acceptors (Lipinski definition) is 4. The Balaban J connectivity index is 0.000000185. The zero-order chi connectivity index (χ0) is 18.4. The van der Waals surface area contributed by atoms with E-state index in [2.05, 4.69) is 18.0 Å². The van der Waals surface area contributed by atoms with Crippen molar-refractivity contribution in [2.24, 2.45) is 0 Å². The van der Waals surface area contributed by atoms with E-state index in [0.29, 0.717) is 18.6 Å². The second kappa shape index (κ2) is 8.13. The summed E-state index contributed by atoms with van der Waals surface area (Å²) < 4.78 is 39.7. The average molecular weight is 347 g/mol. The van der Waals surface area contributed by atoms with Crippen molar-refractivity contribution in [2.75, 3.05) is 13.7 Å². The highest BCUT2D eigenvalue weighted by molar-refractivity contribution is 7.86. The third-order valence-corrected chi connectivity index (χ3v) is 4.81. The summed E-state index contributed by atoms with van der Waals surface area (Å²) in [6.07, 6.45) is 3.85. The molecule has 0 fully saturated rings. The summed E-state index contributed by atoms with van der Waals surface area (Å²) >= 11 is 0. The molecule has 0 amide bonds. The first-order valence-corrected chi connectivity index (χ1v) is 9.05. The van der Waals surface area contributed by atoms with Gasteiger partial charge in [0.25, 0.3) is 10.1 Å². The molecule has 24 heavy (non-hydrogen) atoms. The van der Waals surface area contributed by atoms with Gasteiger partial charge < -0.3 is 4.74 Å². The summed E-state index contributed by atoms with van der Waals surface area (Å²) in [6.45, 7) is 4.73. The van der Waals surface area contributed by atoms with E-state index in [1.165, 1.54) is 0 Å². The molecule has 0 aliphatic carbocycles. The lowest BCUT2D eigenvalue weighted by Gasteiger charge is -2.10. The topological polar surface area (TPSA) is 52.6 Å². The summed E-state index contributed by atoms with van der Waals surface area (Å²) in [5, 5.41) is 0. The fraction of sp³-hybridized carbons (Fsp3) is 0.263. The van der Waals surface area contributed by atoms with Gasteiger partial charge in [0.15, 0.2) is 0 Å². The van der Waals surface area contributed by atoms with Crippen LogP contribution in [-0.4, -0.2) is 22.1 Å². The van der Waals surface area contributed by atoms with Gasteiger partial charge >= 0.3 is 0 Å². The van der Waals surface area contributed by atoms with Crippen LogP contribution in [-0.2, 0) is 14.3 Å². The molecule has 4 nitrogen and oxygen atoms in total. The monoisotopic (exact) mass is 347 g/mol. The van der Waals surface area contributed by atoms with Gasteiger partial charge in [-0.25, -0.2) is 0 Å². The molecule has 0 saturated carbocycles. The van der Waals surface area contributed by atoms with E-state index in [9.17, 15) is 8.42 Å². The van der Waals surface area contributed by atoms with Crippen LogP contribution in [0.15, 0.2) is 59.5 Å². The zero-order valence-corrected chi connectivity index (χ0v) is 14.8. The van der Waals surface area contributed by atoms with Gasteiger partial charge in [-0.1, -0.05) is 50.2 Å². The van der Waals surface area contributed by atoms with Crippen molar-refractivity contribution >= 4 is 16.2 Å². The van der Waals surface area contributed by atoms with Crippen LogP contribution in [0.5, 0.6) is 5.75 Å². The van der Waals surface area contributed by atoms with E-state index in [-0.39, 0.29) is 4.90 Å². The molecule has 2 aromatic rings. The minimum Gasteiger partial charge on any atom is -0.489 e. The molecule has 0 saturated heterocycles. The molecule has 3 rings (SSSR count). The van der Waals surface area contributed by atoms with Crippen LogP contribution < -0.4 is 4.74 Å². The summed E-state index contributed by atoms with van der Waals surface area (Å²) in [5.41, 5.74) is 2.00. The summed E-state index contributed by atoms with van der Waals surface area (Å²) in [6, 6.07) is 12.7. The van der Waals surface area contributed by atoms with Crippen molar-refractivity contribution in [1.29, 1.82) is 0 Å². The van der Waals surface area contributed by atoms with Gasteiger partial charge in [0.05, 0.1) is 13.4 Å². The smallest absolute Gasteiger partial charge is 0.296 e. The highest BCUT2D eigenvalue weighted by Crippen LogP contribution is 2.22. The van der Waals surface area contributed by atoms with Crippen LogP contribution in [0.3, 0.4) is 0 Å². The largest absolute Gasteiger partial charge is 0.489 e. The number of ether oxygens (including phenoxy) is 1. The predicted octanol–water partition coefficient (Wildman–Crippen LogP) is 4.24. The van der Waals surface area contributed by atoms with Crippen LogP contribution in [0, 0.1) is 0 Å². The Kier molecular flexibility index (Phi) is 5.67. The van der Waals surface area contributed by atoms with E-state index in [0.717, 1.165) is 24.0 Å². The molecule has 0 atom stereocenters. The SMILES string of the molecule is COS(=O)(=O)c1ccc(C(C)C)cc1.[2H]c1cccc2c1C=CCO2. The van der Waals surface area contributed by atoms with Crippen molar-refractivity contribution in [3.05, 3.63) is 65.7 Å². The lowest BCUT2D eigenvalue weighted by molar-refractivity contribution is 0.358. The molecule has 0 N–H and O–H groups in total. The third kappa shape index (κ3) is 4.69. The quantitative estimate of drug-likeness (QED) is 0.780. The molecule has 1 heterocycles. The van der Waals surface area contributed by atoms with Gasteiger partial charge in [-0.2, -0.15) is 8.42 Å². The summed E-state index contributed by atoms with van der Waals surface area (Å²) in [4.78, 5) is 0.199. The van der Waals surface area contributed by atoms with E-state index in [1.807, 2.05) is 24.3 Å². The Morgan fingerprint density at radius 3 is 2.46 bits per heavy atom. The van der Waals surface area contributed by atoms with Crippen molar-refractivity contribution in [3.63, 3.8) is 0 Å². The predicted molar refractivity (Wildman–Crippen MR) is 95.7 cm³/mol. The summed E-state index contributed by atoms with van der Waals surface area (Å²) in [7, 11) is -2.38. The second-order valence-electron chi connectivity index (χ2n) is 5.51. The Morgan fingerprint density at radius 2 is 1.88 bits per heavy atom. The fourth-order valence-corrected chi connectivity index (χ4v) is 2.77. The van der Waals surface area contributed by atoms with Gasteiger partial charge in [-0.3, -0.25) is 4.18 Å². The van der Waals surface area contributed by atoms with Crippen LogP contribution in [0.1, 0.15) is 32.3 Å². The van der Waals surface area contributed by atoms with Gasteiger partial charge in [0, 0.05) is 5.56 Å². The van der Waals surface area contributed by atoms with Gasteiger partial charge in [-0.15, -0.1) is 0 Å². The molecule has 0 spiro atoms. The number of rotatable bonds is 3. The van der Waals surface area contributed by atoms with Gasteiger partial charge in [-0.05, 0) is 35.8 Å². The highest BCUT2D eigenvalue weighted by Gasteiger charge is 2.12. The molecular formula is C19H22O4S. The van der Waals surface area contributed by atoms with Crippen molar-refractivity contribution in [1.82, 2.24) is 0 Å². The van der Waals surface area contributed by atoms with Crippen LogP contribution in [0.25, 0.3) is 6.08 Å². The molecule has 0 bridgehead atoms. The minimum absolute atomic E-state index is 0.199. The van der Waals surface area contributed by atoms with E-state index in [4.69, 9.17) is 6.11 Å². The first-order chi connectivity index (χ1) is 11.8. The van der Waals surface area contributed by atoms with E-state index in [1.54, 1.807) is 30.3 Å². The molecule has 0 aromatic heterocycles. The maximum absolute atomic E-state index is 11.3. The average Bonchev–Trinajstić information content (AvgIpc) is 2.63. The van der Waals surface area contributed by atoms with Crippen molar-refractivity contribution in [3.8, 4) is 5.75 Å². The number of benzene rings is 2. The Bertz CT molecular complexity index is 840. The van der Waals surface area contributed by atoms with Crippen LogP contribution in [0.4, 0.5) is 0 Å². The molecule has 0 unspecified atom stereocenters. The third-order valence-electron chi connectivity index (χ3n) is 3.52. The van der Waals surface area contributed by atoms with Gasteiger partial charge in [0.1, 0.15) is 12.4 Å². The number of hydrogen-bond donors (Lipinski definition) is 0. The van der Waals surface area contributed by atoms with Crippen molar-refractivity contribution < 1.29 is 18.7 Å². The zero-order valence-electron chi connectivity index (χ0n) is 15.0. The Hall–Kier alpha value is -2.11. The second-order valence-corrected chi connectivity index (χ2v) is 7.22. The lowest BCUT2D eigenvalue weighted by Crippen LogP contribution is -2.02. The molecule has 0 radical (unpaired) electrons. The van der Waals surface area contributed by atoms with Crippen LogP contribution >= 0.6 is 0 Å².